The molecule has 2 aromatic rings. The zero-order valence-corrected chi connectivity index (χ0v) is 20.1. The third-order valence-electron chi connectivity index (χ3n) is 7.93. The molecule has 10 heteroatoms. The molecule has 10 nitrogen and oxygen atoms in total. The Labute approximate surface area is 199 Å². The molecule has 1 aromatic carbocycles. The summed E-state index contributed by atoms with van der Waals surface area (Å²) in [6.45, 7) is 7.25. The number of hydroxylamine groups is 2. The minimum atomic E-state index is -0.424. The summed E-state index contributed by atoms with van der Waals surface area (Å²) in [4.78, 5) is 32.3. The second-order valence-electron chi connectivity index (χ2n) is 10.4. The smallest absolute Gasteiger partial charge is 0.269 e. The average Bonchev–Trinajstić information content (AvgIpc) is 3.49. The van der Waals surface area contributed by atoms with Crippen molar-refractivity contribution in [3.63, 3.8) is 0 Å². The lowest BCUT2D eigenvalue weighted by Crippen LogP contribution is -2.61. The molecule has 1 aliphatic carbocycles. The van der Waals surface area contributed by atoms with Crippen molar-refractivity contribution >= 4 is 11.6 Å². The Hall–Kier alpha value is -2.85. The third kappa shape index (κ3) is 3.60. The Morgan fingerprint density at radius 3 is 2.68 bits per heavy atom. The number of benzene rings is 1. The molecule has 3 heterocycles. The van der Waals surface area contributed by atoms with Crippen molar-refractivity contribution in [1.29, 1.82) is 0 Å². The van der Waals surface area contributed by atoms with E-state index in [1.165, 1.54) is 18.6 Å². The van der Waals surface area contributed by atoms with Crippen LogP contribution >= 0.6 is 0 Å². The maximum atomic E-state index is 13.3. The molecule has 0 N–H and O–H groups in total. The number of nitro benzene ring substituents is 1. The zero-order chi connectivity index (χ0) is 24.2. The van der Waals surface area contributed by atoms with Gasteiger partial charge < -0.3 is 4.90 Å². The molecule has 0 radical (unpaired) electrons. The van der Waals surface area contributed by atoms with Gasteiger partial charge in [-0.15, -0.1) is 5.10 Å². The fourth-order valence-corrected chi connectivity index (χ4v) is 6.30. The highest BCUT2D eigenvalue weighted by atomic mass is 16.7. The van der Waals surface area contributed by atoms with Gasteiger partial charge in [0, 0.05) is 37.1 Å². The summed E-state index contributed by atoms with van der Waals surface area (Å²) in [5, 5.41) is 21.4. The highest BCUT2D eigenvalue weighted by molar-refractivity contribution is 5.85. The molecule has 1 amide bonds. The zero-order valence-electron chi connectivity index (χ0n) is 20.1. The molecule has 5 rings (SSSR count). The van der Waals surface area contributed by atoms with Crippen LogP contribution in [0.4, 0.5) is 5.69 Å². The first-order valence-electron chi connectivity index (χ1n) is 12.1. The molecular formula is C24H32N6O4. The van der Waals surface area contributed by atoms with Crippen molar-refractivity contribution in [3.8, 4) is 11.3 Å². The van der Waals surface area contributed by atoms with E-state index in [4.69, 9.17) is 4.84 Å². The monoisotopic (exact) mass is 468 g/mol. The molecule has 182 valence electrons. The number of hydrogen-bond acceptors (Lipinski definition) is 7. The van der Waals surface area contributed by atoms with Gasteiger partial charge in [0.2, 0.25) is 5.91 Å². The van der Waals surface area contributed by atoms with Gasteiger partial charge in [0.1, 0.15) is 23.5 Å². The van der Waals surface area contributed by atoms with Gasteiger partial charge >= 0.3 is 0 Å². The molecule has 3 fully saturated rings. The van der Waals surface area contributed by atoms with E-state index in [0.29, 0.717) is 36.4 Å². The van der Waals surface area contributed by atoms with Crippen LogP contribution in [-0.4, -0.2) is 60.6 Å². The Morgan fingerprint density at radius 1 is 1.26 bits per heavy atom. The number of carbonyl (C=O) groups excluding carboxylic acids is 1. The number of likely N-dealkylation sites (N-methyl/N-ethyl adjacent to an activating group) is 1. The molecule has 2 saturated heterocycles. The topological polar surface area (TPSA) is 107 Å². The van der Waals surface area contributed by atoms with E-state index in [-0.39, 0.29) is 23.7 Å². The van der Waals surface area contributed by atoms with Crippen molar-refractivity contribution in [2.45, 2.75) is 70.8 Å². The van der Waals surface area contributed by atoms with Gasteiger partial charge in [0.15, 0.2) is 0 Å². The summed E-state index contributed by atoms with van der Waals surface area (Å²) in [6, 6.07) is 5.99. The number of aromatic nitrogens is 3. The highest BCUT2D eigenvalue weighted by Gasteiger charge is 2.64. The Kier molecular flexibility index (Phi) is 5.68. The highest BCUT2D eigenvalue weighted by Crippen LogP contribution is 2.53. The lowest BCUT2D eigenvalue weighted by molar-refractivity contribution is -0.384. The van der Waals surface area contributed by atoms with Crippen LogP contribution in [0, 0.1) is 27.9 Å². The van der Waals surface area contributed by atoms with Crippen LogP contribution in [0.1, 0.15) is 46.5 Å². The second-order valence-corrected chi connectivity index (χ2v) is 10.4. The average molecular weight is 469 g/mol. The van der Waals surface area contributed by atoms with Gasteiger partial charge in [0.25, 0.3) is 5.69 Å². The Bertz CT molecular complexity index is 1090. The quantitative estimate of drug-likeness (QED) is 0.488. The van der Waals surface area contributed by atoms with Gasteiger partial charge in [-0.1, -0.05) is 32.4 Å². The largest absolute Gasteiger partial charge is 0.323 e. The van der Waals surface area contributed by atoms with E-state index in [1.807, 2.05) is 23.2 Å². The van der Waals surface area contributed by atoms with Gasteiger partial charge in [-0.2, -0.15) is 5.06 Å². The fraction of sp³-hybridized carbons (Fsp3) is 0.625. The SMILES string of the molecule is CC(C)[C@@H]1CC[C@@H](C)C[C@@]12N(C)C(=O)[C@@H]1C[C@@H](Cn3cc(-c4ccc([N+](=O)[O-])cc4)nn3)ON12. The van der Waals surface area contributed by atoms with Crippen LogP contribution in [0.25, 0.3) is 11.3 Å². The normalized spacial score (nSPS) is 31.6. The van der Waals surface area contributed by atoms with Gasteiger partial charge in [0.05, 0.1) is 17.7 Å². The molecule has 0 unspecified atom stereocenters. The number of fused-ring (bicyclic) bond motifs is 2. The van der Waals surface area contributed by atoms with Crippen LogP contribution in [0.5, 0.6) is 0 Å². The molecule has 1 saturated carbocycles. The maximum absolute atomic E-state index is 13.3. The predicted octanol–water partition coefficient (Wildman–Crippen LogP) is 3.49. The summed E-state index contributed by atoms with van der Waals surface area (Å²) in [7, 11) is 1.94. The van der Waals surface area contributed by atoms with E-state index in [0.717, 1.165) is 18.4 Å². The van der Waals surface area contributed by atoms with Gasteiger partial charge in [-0.3, -0.25) is 19.7 Å². The lowest BCUT2D eigenvalue weighted by atomic mass is 9.69. The molecule has 5 atom stereocenters. The maximum Gasteiger partial charge on any atom is 0.269 e. The van der Waals surface area contributed by atoms with Crippen molar-refractivity contribution in [3.05, 3.63) is 40.6 Å². The number of nitrogens with zero attached hydrogens (tertiary/aromatic N) is 6. The Balaban J connectivity index is 1.34. The predicted molar refractivity (Wildman–Crippen MR) is 124 cm³/mol. The number of rotatable bonds is 5. The van der Waals surface area contributed by atoms with Crippen molar-refractivity contribution in [1.82, 2.24) is 25.0 Å². The second kappa shape index (κ2) is 8.42. The van der Waals surface area contributed by atoms with Gasteiger partial charge in [-0.05, 0) is 36.8 Å². The molecule has 2 aliphatic heterocycles. The summed E-state index contributed by atoms with van der Waals surface area (Å²) >= 11 is 0. The summed E-state index contributed by atoms with van der Waals surface area (Å²) < 4.78 is 1.73. The van der Waals surface area contributed by atoms with Crippen molar-refractivity contribution in [2.75, 3.05) is 7.05 Å². The molecule has 3 aliphatic rings. The molecule has 0 bridgehead atoms. The number of carbonyl (C=O) groups is 1. The van der Waals surface area contributed by atoms with Crippen molar-refractivity contribution < 1.29 is 14.6 Å². The van der Waals surface area contributed by atoms with Crippen LogP contribution < -0.4 is 0 Å². The van der Waals surface area contributed by atoms with Crippen LogP contribution in [0.15, 0.2) is 30.5 Å². The summed E-state index contributed by atoms with van der Waals surface area (Å²) in [5.74, 6) is 1.49. The lowest BCUT2D eigenvalue weighted by Gasteiger charge is -2.52. The molecule has 1 aromatic heterocycles. The first kappa shape index (κ1) is 22.9. The van der Waals surface area contributed by atoms with E-state index in [2.05, 4.69) is 31.1 Å². The first-order chi connectivity index (χ1) is 16.2. The van der Waals surface area contributed by atoms with Crippen LogP contribution in [0.2, 0.25) is 0 Å². The number of non-ortho nitro benzene ring substituents is 1. The van der Waals surface area contributed by atoms with E-state index in [1.54, 1.807) is 16.8 Å². The number of amides is 1. The third-order valence-corrected chi connectivity index (χ3v) is 7.93. The Morgan fingerprint density at radius 2 is 2.00 bits per heavy atom. The minimum Gasteiger partial charge on any atom is -0.323 e. The molecule has 1 spiro atoms. The molecular weight excluding hydrogens is 436 g/mol. The summed E-state index contributed by atoms with van der Waals surface area (Å²) in [6.07, 6.45) is 5.47. The number of hydrogen-bond donors (Lipinski definition) is 0. The molecule has 34 heavy (non-hydrogen) atoms. The van der Waals surface area contributed by atoms with E-state index >= 15 is 0 Å². The standard InChI is InChI=1S/C24H32N6O4/c1-15(2)20-10-5-16(3)12-24(20)27(4)23(31)22-11-19(34-29(22)24)13-28-14-21(25-26-28)17-6-8-18(9-7-17)30(32)33/h6-9,14-16,19-20,22H,5,10-13H2,1-4H3/t16-,19+,20+,22+,24+/m1/s1. The van der Waals surface area contributed by atoms with Crippen LogP contribution in [-0.2, 0) is 16.2 Å². The fourth-order valence-electron chi connectivity index (χ4n) is 6.30. The summed E-state index contributed by atoms with van der Waals surface area (Å²) in [5.41, 5.74) is 1.05. The van der Waals surface area contributed by atoms with Gasteiger partial charge in [-0.25, -0.2) is 4.68 Å². The first-order valence-corrected chi connectivity index (χ1v) is 12.1. The van der Waals surface area contributed by atoms with Crippen molar-refractivity contribution in [2.24, 2.45) is 17.8 Å². The number of nitro groups is 1. The van der Waals surface area contributed by atoms with E-state index in [9.17, 15) is 14.9 Å². The van der Waals surface area contributed by atoms with E-state index < -0.39 is 10.6 Å². The van der Waals surface area contributed by atoms with Crippen LogP contribution in [0.3, 0.4) is 0 Å². The minimum absolute atomic E-state index is 0.0383.